The van der Waals surface area contributed by atoms with Crippen LogP contribution in [0.2, 0.25) is 4.34 Å². The molecule has 13 heteroatoms. The van der Waals surface area contributed by atoms with E-state index in [0.717, 1.165) is 41.6 Å². The summed E-state index contributed by atoms with van der Waals surface area (Å²) in [7, 11) is 0. The Labute approximate surface area is 252 Å². The number of hydrogen-bond donors (Lipinski definition) is 2. The van der Waals surface area contributed by atoms with Gasteiger partial charge < -0.3 is 20.3 Å². The van der Waals surface area contributed by atoms with Gasteiger partial charge in [0.1, 0.15) is 12.6 Å². The molecule has 2 aliphatic rings. The Kier molecular flexibility index (Phi) is 10.2. The molecule has 1 saturated heterocycles. The second-order valence-corrected chi connectivity index (χ2v) is 13.6. The number of benzene rings is 1. The minimum absolute atomic E-state index is 0.00618. The van der Waals surface area contributed by atoms with Crippen LogP contribution in [0.3, 0.4) is 0 Å². The summed E-state index contributed by atoms with van der Waals surface area (Å²) < 4.78 is 47.9. The van der Waals surface area contributed by atoms with Crippen LogP contribution in [0.15, 0.2) is 30.3 Å². The highest BCUT2D eigenvalue weighted by Crippen LogP contribution is 2.39. The minimum Gasteiger partial charge on any atom is -0.370 e. The van der Waals surface area contributed by atoms with Gasteiger partial charge in [0.2, 0.25) is 5.91 Å². The van der Waals surface area contributed by atoms with E-state index in [-0.39, 0.29) is 49.0 Å². The number of amides is 3. The van der Waals surface area contributed by atoms with Gasteiger partial charge in [-0.25, -0.2) is 0 Å². The molecular weight excluding hydrogens is 593 g/mol. The van der Waals surface area contributed by atoms with Crippen LogP contribution < -0.4 is 15.5 Å². The Balaban J connectivity index is 1.61. The molecule has 1 aliphatic carbocycles. The van der Waals surface area contributed by atoms with E-state index in [1.165, 1.54) is 12.1 Å². The van der Waals surface area contributed by atoms with Gasteiger partial charge in [0.25, 0.3) is 11.8 Å². The summed E-state index contributed by atoms with van der Waals surface area (Å²) >= 11 is 7.10. The second kappa shape index (κ2) is 13.3. The zero-order valence-corrected chi connectivity index (χ0v) is 25.4. The number of thiophene rings is 1. The number of alkyl halides is 3. The zero-order chi connectivity index (χ0) is 30.7. The van der Waals surface area contributed by atoms with E-state index < -0.39 is 29.6 Å². The lowest BCUT2D eigenvalue weighted by molar-refractivity contribution is -0.137. The fourth-order valence-electron chi connectivity index (χ4n) is 5.09. The number of nitrogens with zero attached hydrogens (tertiary/aromatic N) is 2. The Morgan fingerprint density at radius 2 is 1.93 bits per heavy atom. The van der Waals surface area contributed by atoms with E-state index in [4.69, 9.17) is 16.3 Å². The normalized spacial score (nSPS) is 17.2. The van der Waals surface area contributed by atoms with Crippen molar-refractivity contribution >= 4 is 52.0 Å². The van der Waals surface area contributed by atoms with Gasteiger partial charge in [0, 0.05) is 31.9 Å². The highest BCUT2D eigenvalue weighted by Gasteiger charge is 2.38. The molecule has 0 unspecified atom stereocenters. The van der Waals surface area contributed by atoms with Crippen LogP contribution in [-0.4, -0.2) is 68.1 Å². The van der Waals surface area contributed by atoms with Crippen LogP contribution in [-0.2, 0) is 20.5 Å². The predicted octanol–water partition coefficient (Wildman–Crippen LogP) is 5.67. The van der Waals surface area contributed by atoms with Crippen molar-refractivity contribution in [1.82, 2.24) is 10.2 Å². The minimum atomic E-state index is -4.77. The molecule has 1 atom stereocenters. The van der Waals surface area contributed by atoms with Crippen molar-refractivity contribution in [3.05, 3.63) is 45.1 Å². The quantitative estimate of drug-likeness (QED) is 0.354. The molecule has 8 nitrogen and oxygen atoms in total. The van der Waals surface area contributed by atoms with E-state index in [0.29, 0.717) is 28.2 Å². The number of hydrogen-bond acceptors (Lipinski definition) is 6. The summed E-state index contributed by atoms with van der Waals surface area (Å²) in [5.41, 5.74) is -1.57. The van der Waals surface area contributed by atoms with Crippen molar-refractivity contribution in [2.24, 2.45) is 11.3 Å². The van der Waals surface area contributed by atoms with Gasteiger partial charge in [-0.2, -0.15) is 13.2 Å². The highest BCUT2D eigenvalue weighted by molar-refractivity contribution is 7.18. The molecule has 2 aromatic rings. The first-order chi connectivity index (χ1) is 19.7. The number of nitrogens with one attached hydrogen (secondary N) is 2. The van der Waals surface area contributed by atoms with Gasteiger partial charge in [0.05, 0.1) is 27.1 Å². The van der Waals surface area contributed by atoms with Gasteiger partial charge in [-0.1, -0.05) is 38.8 Å². The SMILES string of the molecule is CC(C)(C)CN(CC1CCC1)[C@H](CNC(=O)c1ccc(Cl)s1)C(=O)Nc1ccc(N2CCOCC2=O)c(C(F)(F)F)c1. The van der Waals surface area contributed by atoms with E-state index in [1.54, 1.807) is 12.1 Å². The molecule has 1 aliphatic heterocycles. The predicted molar refractivity (Wildman–Crippen MR) is 157 cm³/mol. The van der Waals surface area contributed by atoms with Crippen LogP contribution in [0.25, 0.3) is 0 Å². The second-order valence-electron chi connectivity index (χ2n) is 11.9. The van der Waals surface area contributed by atoms with Crippen molar-refractivity contribution < 1.29 is 32.3 Å². The molecule has 4 rings (SSSR count). The van der Waals surface area contributed by atoms with E-state index in [2.05, 4.69) is 10.6 Å². The molecule has 2 N–H and O–H groups in total. The fourth-order valence-corrected chi connectivity index (χ4v) is 6.05. The number of halogens is 4. The van der Waals surface area contributed by atoms with Gasteiger partial charge >= 0.3 is 6.18 Å². The Bertz CT molecular complexity index is 1290. The van der Waals surface area contributed by atoms with Gasteiger partial charge in [0.15, 0.2) is 0 Å². The maximum absolute atomic E-state index is 14.1. The number of carbonyl (C=O) groups is 3. The van der Waals surface area contributed by atoms with Crippen molar-refractivity contribution in [2.75, 3.05) is 49.6 Å². The number of anilines is 2. The van der Waals surface area contributed by atoms with Crippen LogP contribution >= 0.6 is 22.9 Å². The lowest BCUT2D eigenvalue weighted by atomic mass is 9.84. The van der Waals surface area contributed by atoms with Crippen LogP contribution in [0.4, 0.5) is 24.5 Å². The van der Waals surface area contributed by atoms with Gasteiger partial charge in [-0.15, -0.1) is 11.3 Å². The zero-order valence-electron chi connectivity index (χ0n) is 23.9. The molecule has 0 bridgehead atoms. The highest BCUT2D eigenvalue weighted by atomic mass is 35.5. The number of ether oxygens (including phenoxy) is 1. The molecule has 3 amide bonds. The Hall–Kier alpha value is -2.67. The van der Waals surface area contributed by atoms with Crippen molar-refractivity contribution in [2.45, 2.75) is 52.3 Å². The maximum Gasteiger partial charge on any atom is 0.418 e. The van der Waals surface area contributed by atoms with E-state index in [1.807, 2.05) is 25.7 Å². The van der Waals surface area contributed by atoms with Crippen LogP contribution in [0.1, 0.15) is 55.3 Å². The molecular formula is C29H36ClF3N4O4S. The monoisotopic (exact) mass is 628 g/mol. The van der Waals surface area contributed by atoms with Gasteiger partial charge in [-0.3, -0.25) is 19.3 Å². The Morgan fingerprint density at radius 1 is 1.19 bits per heavy atom. The van der Waals surface area contributed by atoms with E-state index in [9.17, 15) is 27.6 Å². The Morgan fingerprint density at radius 3 is 2.50 bits per heavy atom. The smallest absolute Gasteiger partial charge is 0.370 e. The molecule has 2 heterocycles. The first-order valence-electron chi connectivity index (χ1n) is 13.9. The first-order valence-corrected chi connectivity index (χ1v) is 15.1. The summed E-state index contributed by atoms with van der Waals surface area (Å²) in [5, 5.41) is 5.48. The van der Waals surface area contributed by atoms with Crippen molar-refractivity contribution in [3.8, 4) is 0 Å². The third kappa shape index (κ3) is 8.46. The summed E-state index contributed by atoms with van der Waals surface area (Å²) in [6.07, 6.45) is -1.59. The summed E-state index contributed by atoms with van der Waals surface area (Å²) in [5.74, 6) is -1.09. The molecule has 1 saturated carbocycles. The molecule has 0 spiro atoms. The van der Waals surface area contributed by atoms with Crippen molar-refractivity contribution in [1.29, 1.82) is 0 Å². The number of carbonyl (C=O) groups excluding carboxylic acids is 3. The average Bonchev–Trinajstić information content (AvgIpc) is 3.31. The molecule has 1 aromatic carbocycles. The summed E-state index contributed by atoms with van der Waals surface area (Å²) in [4.78, 5) is 42.4. The third-order valence-corrected chi connectivity index (χ3v) is 8.47. The standard InChI is InChI=1S/C29H36ClF3N4O4S/c1-28(2,3)17-36(15-18-5-4-6-18)22(14-34-27(40)23-9-10-24(30)42-23)26(39)35-19-7-8-21(20(13-19)29(31,32)33)37-11-12-41-16-25(37)38/h7-10,13,18,22H,4-6,11-12,14-17H2,1-3H3,(H,34,40)(H,35,39)/t22-/m1/s1. The van der Waals surface area contributed by atoms with E-state index >= 15 is 0 Å². The van der Waals surface area contributed by atoms with Gasteiger partial charge in [-0.05, 0) is 54.5 Å². The largest absolute Gasteiger partial charge is 0.418 e. The topological polar surface area (TPSA) is 91.0 Å². The van der Waals surface area contributed by atoms with Crippen LogP contribution in [0, 0.1) is 11.3 Å². The van der Waals surface area contributed by atoms with Crippen molar-refractivity contribution in [3.63, 3.8) is 0 Å². The molecule has 42 heavy (non-hydrogen) atoms. The third-order valence-electron chi connectivity index (χ3n) is 7.24. The molecule has 2 fully saturated rings. The molecule has 1 aromatic heterocycles. The summed E-state index contributed by atoms with van der Waals surface area (Å²) in [6.45, 7) is 7.07. The number of morpholine rings is 1. The first kappa shape index (κ1) is 32.2. The average molecular weight is 629 g/mol. The fraction of sp³-hybridized carbons (Fsp3) is 0.552. The molecule has 0 radical (unpaired) electrons. The molecule has 230 valence electrons. The van der Waals surface area contributed by atoms with Crippen LogP contribution in [0.5, 0.6) is 0 Å². The summed E-state index contributed by atoms with van der Waals surface area (Å²) in [6, 6.07) is 5.76. The number of rotatable bonds is 10. The lowest BCUT2D eigenvalue weighted by Gasteiger charge is -2.40. The maximum atomic E-state index is 14.1. The lowest BCUT2D eigenvalue weighted by Crippen LogP contribution is -2.54.